The maximum Gasteiger partial charge on any atom is 0.225 e. The average molecular weight is 363 g/mol. The second kappa shape index (κ2) is 9.00. The zero-order chi connectivity index (χ0) is 19.1. The molecule has 0 fully saturated rings. The van der Waals surface area contributed by atoms with Crippen LogP contribution < -0.4 is 15.5 Å². The molecule has 0 aliphatic rings. The van der Waals surface area contributed by atoms with Gasteiger partial charge in [-0.05, 0) is 24.3 Å². The summed E-state index contributed by atoms with van der Waals surface area (Å²) in [6.07, 6.45) is 0. The maximum atomic E-state index is 5.10. The van der Waals surface area contributed by atoms with Gasteiger partial charge in [-0.2, -0.15) is 4.98 Å². The Hall–Kier alpha value is -3.12. The van der Waals surface area contributed by atoms with Crippen molar-refractivity contribution in [3.63, 3.8) is 0 Å². The number of hydrogen-bond acceptors (Lipinski definition) is 6. The molecule has 0 aliphatic heterocycles. The molecule has 2 aromatic carbocycles. The van der Waals surface area contributed by atoms with Crippen LogP contribution in [0.3, 0.4) is 0 Å². The molecule has 2 N–H and O–H groups in total. The fourth-order valence-corrected chi connectivity index (χ4v) is 2.60. The molecule has 0 aliphatic carbocycles. The normalized spacial score (nSPS) is 10.5. The molecule has 0 radical (unpaired) electrons. The van der Waals surface area contributed by atoms with Gasteiger partial charge in [-0.3, -0.25) is 0 Å². The molecule has 0 amide bonds. The first-order valence-electron chi connectivity index (χ1n) is 8.87. The van der Waals surface area contributed by atoms with E-state index in [-0.39, 0.29) is 0 Å². The molecule has 0 unspecified atom stereocenters. The van der Waals surface area contributed by atoms with E-state index in [2.05, 4.69) is 37.6 Å². The van der Waals surface area contributed by atoms with Crippen molar-refractivity contribution in [2.24, 2.45) is 0 Å². The number of methoxy groups -OCH3 is 1. The van der Waals surface area contributed by atoms with Crippen LogP contribution in [0.1, 0.15) is 0 Å². The van der Waals surface area contributed by atoms with Crippen molar-refractivity contribution in [2.45, 2.75) is 0 Å². The van der Waals surface area contributed by atoms with Gasteiger partial charge in [-0.15, -0.1) is 0 Å². The first kappa shape index (κ1) is 18.7. The molecule has 3 aromatic rings. The number of nitrogens with zero attached hydrogens (tertiary/aromatic N) is 3. The molecular formula is C21H25N5O. The SMILES string of the molecule is COCCNc1nc(Nc2ccc(N(C)C)cc2)cc(-c2ccccc2)n1. The van der Waals surface area contributed by atoms with Gasteiger partial charge in [0.25, 0.3) is 0 Å². The fourth-order valence-electron chi connectivity index (χ4n) is 2.60. The lowest BCUT2D eigenvalue weighted by atomic mass is 10.1. The predicted molar refractivity (Wildman–Crippen MR) is 112 cm³/mol. The van der Waals surface area contributed by atoms with Crippen LogP contribution in [0.2, 0.25) is 0 Å². The fraction of sp³-hybridized carbons (Fsp3) is 0.238. The van der Waals surface area contributed by atoms with Crippen LogP contribution in [0.4, 0.5) is 23.1 Å². The van der Waals surface area contributed by atoms with E-state index in [9.17, 15) is 0 Å². The van der Waals surface area contributed by atoms with E-state index in [1.165, 1.54) is 0 Å². The lowest BCUT2D eigenvalue weighted by Gasteiger charge is -2.14. The first-order chi connectivity index (χ1) is 13.2. The number of anilines is 4. The van der Waals surface area contributed by atoms with Crippen LogP contribution in [-0.2, 0) is 4.74 Å². The second-order valence-electron chi connectivity index (χ2n) is 6.31. The highest BCUT2D eigenvalue weighted by molar-refractivity contribution is 5.68. The van der Waals surface area contributed by atoms with Crippen molar-refractivity contribution in [3.8, 4) is 11.3 Å². The first-order valence-corrected chi connectivity index (χ1v) is 8.87. The van der Waals surface area contributed by atoms with E-state index >= 15 is 0 Å². The standard InChI is InChI=1S/C21H25N5O/c1-26(2)18-11-9-17(10-12-18)23-20-15-19(16-7-5-4-6-8-16)24-21(25-20)22-13-14-27-3/h4-12,15H,13-14H2,1-3H3,(H2,22,23,24,25). The molecule has 1 heterocycles. The van der Waals surface area contributed by atoms with Gasteiger partial charge in [-0.25, -0.2) is 4.98 Å². The Kier molecular flexibility index (Phi) is 6.22. The Balaban J connectivity index is 1.87. The van der Waals surface area contributed by atoms with Crippen molar-refractivity contribution >= 4 is 23.1 Å². The quantitative estimate of drug-likeness (QED) is 0.590. The van der Waals surface area contributed by atoms with E-state index in [4.69, 9.17) is 4.74 Å². The van der Waals surface area contributed by atoms with Crippen LogP contribution in [0.15, 0.2) is 60.7 Å². The highest BCUT2D eigenvalue weighted by atomic mass is 16.5. The van der Waals surface area contributed by atoms with Gasteiger partial charge < -0.3 is 20.3 Å². The lowest BCUT2D eigenvalue weighted by molar-refractivity contribution is 0.210. The molecule has 27 heavy (non-hydrogen) atoms. The number of rotatable bonds is 8. The third-order valence-corrected chi connectivity index (χ3v) is 4.04. The Labute approximate surface area is 160 Å². The number of nitrogens with one attached hydrogen (secondary N) is 2. The average Bonchev–Trinajstić information content (AvgIpc) is 2.69. The molecule has 0 saturated heterocycles. The molecule has 3 rings (SSSR count). The highest BCUT2D eigenvalue weighted by Gasteiger charge is 2.07. The number of benzene rings is 2. The Morgan fingerprint density at radius 1 is 0.963 bits per heavy atom. The smallest absolute Gasteiger partial charge is 0.225 e. The molecule has 0 saturated carbocycles. The van der Waals surface area contributed by atoms with Crippen LogP contribution in [0, 0.1) is 0 Å². The van der Waals surface area contributed by atoms with Gasteiger partial charge in [0.05, 0.1) is 12.3 Å². The Bertz CT molecular complexity index is 850. The van der Waals surface area contributed by atoms with Crippen molar-refractivity contribution in [3.05, 3.63) is 60.7 Å². The summed E-state index contributed by atoms with van der Waals surface area (Å²) in [5, 5.41) is 6.58. The van der Waals surface area contributed by atoms with Crippen LogP contribution in [0.5, 0.6) is 0 Å². The van der Waals surface area contributed by atoms with Gasteiger partial charge in [-0.1, -0.05) is 30.3 Å². The maximum absolute atomic E-state index is 5.10. The van der Waals surface area contributed by atoms with Crippen molar-refractivity contribution in [1.29, 1.82) is 0 Å². The molecule has 0 atom stereocenters. The largest absolute Gasteiger partial charge is 0.383 e. The van der Waals surface area contributed by atoms with Crippen LogP contribution in [0.25, 0.3) is 11.3 Å². The minimum absolute atomic E-state index is 0.570. The number of aromatic nitrogens is 2. The summed E-state index contributed by atoms with van der Waals surface area (Å²) in [7, 11) is 5.72. The molecule has 1 aromatic heterocycles. The van der Waals surface area contributed by atoms with Gasteiger partial charge in [0.15, 0.2) is 0 Å². The predicted octanol–water partition coefficient (Wildman–Crippen LogP) is 4.01. The summed E-state index contributed by atoms with van der Waals surface area (Å²) < 4.78 is 5.10. The molecule has 140 valence electrons. The van der Waals surface area contributed by atoms with Gasteiger partial charge in [0, 0.05) is 50.8 Å². The molecule has 0 bridgehead atoms. The summed E-state index contributed by atoms with van der Waals surface area (Å²) >= 11 is 0. The van der Waals surface area contributed by atoms with Gasteiger partial charge in [0.2, 0.25) is 5.95 Å². The number of hydrogen-bond donors (Lipinski definition) is 2. The van der Waals surface area contributed by atoms with Gasteiger partial charge >= 0.3 is 0 Å². The van der Waals surface area contributed by atoms with Crippen LogP contribution >= 0.6 is 0 Å². The third kappa shape index (κ3) is 5.18. The lowest BCUT2D eigenvalue weighted by Crippen LogP contribution is -2.11. The van der Waals surface area contributed by atoms with E-state index in [0.29, 0.717) is 19.1 Å². The van der Waals surface area contributed by atoms with Crippen molar-refractivity contribution in [1.82, 2.24) is 9.97 Å². The summed E-state index contributed by atoms with van der Waals surface area (Å²) in [6, 6.07) is 20.2. The van der Waals surface area contributed by atoms with E-state index in [0.717, 1.165) is 28.5 Å². The third-order valence-electron chi connectivity index (χ3n) is 4.04. The van der Waals surface area contributed by atoms with E-state index in [1.807, 2.05) is 62.6 Å². The summed E-state index contributed by atoms with van der Waals surface area (Å²) in [5.74, 6) is 1.31. The summed E-state index contributed by atoms with van der Waals surface area (Å²) in [5.41, 5.74) is 4.02. The molecular weight excluding hydrogens is 338 g/mol. The van der Waals surface area contributed by atoms with Gasteiger partial charge in [0.1, 0.15) is 5.82 Å². The minimum Gasteiger partial charge on any atom is -0.383 e. The van der Waals surface area contributed by atoms with Crippen molar-refractivity contribution in [2.75, 3.05) is 49.9 Å². The molecule has 0 spiro atoms. The van der Waals surface area contributed by atoms with Crippen LogP contribution in [-0.4, -0.2) is 44.3 Å². The van der Waals surface area contributed by atoms with E-state index in [1.54, 1.807) is 7.11 Å². The molecule has 6 heteroatoms. The Morgan fingerprint density at radius 2 is 1.70 bits per heavy atom. The zero-order valence-electron chi connectivity index (χ0n) is 15.9. The molecule has 6 nitrogen and oxygen atoms in total. The summed E-state index contributed by atoms with van der Waals surface area (Å²) in [4.78, 5) is 11.3. The summed E-state index contributed by atoms with van der Waals surface area (Å²) in [6.45, 7) is 1.24. The topological polar surface area (TPSA) is 62.3 Å². The van der Waals surface area contributed by atoms with E-state index < -0.39 is 0 Å². The Morgan fingerprint density at radius 3 is 2.37 bits per heavy atom. The monoisotopic (exact) mass is 363 g/mol. The zero-order valence-corrected chi connectivity index (χ0v) is 15.9. The second-order valence-corrected chi connectivity index (χ2v) is 6.31. The van der Waals surface area contributed by atoms with Crippen molar-refractivity contribution < 1.29 is 4.74 Å². The number of ether oxygens (including phenoxy) is 1. The minimum atomic E-state index is 0.570. The highest BCUT2D eigenvalue weighted by Crippen LogP contribution is 2.24.